The molecule has 2 aromatic heterocycles. The van der Waals surface area contributed by atoms with E-state index in [0.29, 0.717) is 23.6 Å². The summed E-state index contributed by atoms with van der Waals surface area (Å²) in [6, 6.07) is 16.7. The molecule has 3 N–H and O–H groups in total. The van der Waals surface area contributed by atoms with Crippen molar-refractivity contribution in [3.8, 4) is 11.3 Å². The van der Waals surface area contributed by atoms with Crippen molar-refractivity contribution < 1.29 is 13.2 Å². The summed E-state index contributed by atoms with van der Waals surface area (Å²) < 4.78 is 25.4. The number of amides is 1. The van der Waals surface area contributed by atoms with Gasteiger partial charge in [-0.05, 0) is 47.6 Å². The Kier molecular flexibility index (Phi) is 9.03. The summed E-state index contributed by atoms with van der Waals surface area (Å²) in [7, 11) is -1.71. The Morgan fingerprint density at radius 2 is 1.82 bits per heavy atom. The van der Waals surface area contributed by atoms with Gasteiger partial charge in [0.25, 0.3) is 5.91 Å². The molecular formula is C28H32N6O3S2. The van der Waals surface area contributed by atoms with Crippen LogP contribution in [0.3, 0.4) is 0 Å². The molecule has 11 heteroatoms. The molecule has 0 saturated carbocycles. The number of hydrogen-bond donors (Lipinski definition) is 3. The molecule has 2 unspecified atom stereocenters. The van der Waals surface area contributed by atoms with Crippen molar-refractivity contribution in [3.63, 3.8) is 0 Å². The second-order valence-corrected chi connectivity index (χ2v) is 12.0. The summed E-state index contributed by atoms with van der Waals surface area (Å²) in [5.74, 6) is 1.92. The van der Waals surface area contributed by atoms with Crippen LogP contribution in [-0.2, 0) is 10.0 Å². The summed E-state index contributed by atoms with van der Waals surface area (Å²) >= 11 is 1.78. The van der Waals surface area contributed by atoms with E-state index in [4.69, 9.17) is 0 Å². The summed E-state index contributed by atoms with van der Waals surface area (Å²) in [5, 5.41) is 7.03. The second-order valence-electron chi connectivity index (χ2n) is 9.31. The number of carbonyl (C=O) groups is 1. The van der Waals surface area contributed by atoms with E-state index in [1.165, 1.54) is 6.33 Å². The maximum atomic E-state index is 12.4. The first-order valence-electron chi connectivity index (χ1n) is 12.4. The Labute approximate surface area is 233 Å². The van der Waals surface area contributed by atoms with Gasteiger partial charge in [-0.2, -0.15) is 11.8 Å². The van der Waals surface area contributed by atoms with Crippen molar-refractivity contribution in [1.29, 1.82) is 0 Å². The Balaban J connectivity index is 1.53. The highest BCUT2D eigenvalue weighted by atomic mass is 32.2. The SMILES string of the molecule is CNC(=O)c1ccnc2c(C(C)C(CNc3cc(-c4ccc(NS(C)(=O)=O)cc4)ncn3)CSC)cccc12. The van der Waals surface area contributed by atoms with E-state index >= 15 is 0 Å². The van der Waals surface area contributed by atoms with Gasteiger partial charge < -0.3 is 10.6 Å². The molecule has 0 aliphatic rings. The van der Waals surface area contributed by atoms with Gasteiger partial charge in [0.2, 0.25) is 10.0 Å². The van der Waals surface area contributed by atoms with Gasteiger partial charge in [-0.15, -0.1) is 0 Å². The Morgan fingerprint density at radius 1 is 1.05 bits per heavy atom. The largest absolute Gasteiger partial charge is 0.370 e. The molecule has 0 saturated heterocycles. The Hall–Kier alpha value is -3.70. The highest BCUT2D eigenvalue weighted by molar-refractivity contribution is 7.98. The lowest BCUT2D eigenvalue weighted by Gasteiger charge is -2.25. The average Bonchev–Trinajstić information content (AvgIpc) is 2.93. The molecule has 2 atom stereocenters. The lowest BCUT2D eigenvalue weighted by Crippen LogP contribution is -2.23. The number of carbonyl (C=O) groups excluding carboxylic acids is 1. The summed E-state index contributed by atoms with van der Waals surface area (Å²) in [5.41, 5.74) is 4.63. The summed E-state index contributed by atoms with van der Waals surface area (Å²) in [6.45, 7) is 2.88. The minimum Gasteiger partial charge on any atom is -0.370 e. The van der Waals surface area contributed by atoms with E-state index in [1.54, 1.807) is 43.2 Å². The number of anilines is 2. The van der Waals surface area contributed by atoms with Crippen LogP contribution in [0.1, 0.15) is 28.8 Å². The number of aromatic nitrogens is 3. The zero-order valence-electron chi connectivity index (χ0n) is 22.3. The number of rotatable bonds is 11. The van der Waals surface area contributed by atoms with E-state index < -0.39 is 10.0 Å². The Morgan fingerprint density at radius 3 is 2.51 bits per heavy atom. The first-order chi connectivity index (χ1) is 18.7. The number of benzene rings is 2. The number of hydrogen-bond acceptors (Lipinski definition) is 8. The monoisotopic (exact) mass is 564 g/mol. The van der Waals surface area contributed by atoms with Crippen molar-refractivity contribution in [2.24, 2.45) is 5.92 Å². The van der Waals surface area contributed by atoms with Gasteiger partial charge in [-0.1, -0.05) is 37.3 Å². The van der Waals surface area contributed by atoms with Gasteiger partial charge in [0.15, 0.2) is 0 Å². The highest BCUT2D eigenvalue weighted by Gasteiger charge is 2.22. The van der Waals surface area contributed by atoms with Gasteiger partial charge in [0, 0.05) is 42.5 Å². The minimum absolute atomic E-state index is 0.129. The third-order valence-electron chi connectivity index (χ3n) is 6.55. The molecule has 2 heterocycles. The smallest absolute Gasteiger partial charge is 0.251 e. The Bertz CT molecular complexity index is 1560. The molecular weight excluding hydrogens is 532 g/mol. The fourth-order valence-electron chi connectivity index (χ4n) is 4.52. The van der Waals surface area contributed by atoms with Crippen LogP contribution >= 0.6 is 11.8 Å². The molecule has 0 aliphatic carbocycles. The van der Waals surface area contributed by atoms with E-state index in [9.17, 15) is 13.2 Å². The number of fused-ring (bicyclic) bond motifs is 1. The number of nitrogens with one attached hydrogen (secondary N) is 3. The highest BCUT2D eigenvalue weighted by Crippen LogP contribution is 2.32. The van der Waals surface area contributed by atoms with Crippen molar-refractivity contribution in [2.75, 3.05) is 41.9 Å². The van der Waals surface area contributed by atoms with Crippen LogP contribution in [0.4, 0.5) is 11.5 Å². The second kappa shape index (κ2) is 12.4. The molecule has 4 rings (SSSR count). The zero-order chi connectivity index (χ0) is 28.0. The summed E-state index contributed by atoms with van der Waals surface area (Å²) in [4.78, 5) is 25.9. The summed E-state index contributed by atoms with van der Waals surface area (Å²) in [6.07, 6.45) is 6.42. The molecule has 9 nitrogen and oxygen atoms in total. The predicted octanol–water partition coefficient (Wildman–Crippen LogP) is 4.62. The van der Waals surface area contributed by atoms with Crippen molar-refractivity contribution >= 4 is 50.1 Å². The van der Waals surface area contributed by atoms with E-state index in [-0.39, 0.29) is 17.7 Å². The van der Waals surface area contributed by atoms with Gasteiger partial charge >= 0.3 is 0 Å². The van der Waals surface area contributed by atoms with Crippen LogP contribution < -0.4 is 15.4 Å². The molecule has 0 radical (unpaired) electrons. The van der Waals surface area contributed by atoms with Crippen LogP contribution in [0.25, 0.3) is 22.2 Å². The number of thioether (sulfide) groups is 1. The molecule has 0 spiro atoms. The van der Waals surface area contributed by atoms with Gasteiger partial charge in [-0.25, -0.2) is 18.4 Å². The quantitative estimate of drug-likeness (QED) is 0.241. The number of sulfonamides is 1. The van der Waals surface area contributed by atoms with E-state index in [0.717, 1.165) is 39.7 Å². The van der Waals surface area contributed by atoms with Crippen LogP contribution in [0.5, 0.6) is 0 Å². The van der Waals surface area contributed by atoms with Gasteiger partial charge in [-0.3, -0.25) is 14.5 Å². The molecule has 0 bridgehead atoms. The number of nitrogens with zero attached hydrogens (tertiary/aromatic N) is 3. The zero-order valence-corrected chi connectivity index (χ0v) is 23.9. The van der Waals surface area contributed by atoms with Crippen LogP contribution in [-0.4, -0.2) is 61.1 Å². The lowest BCUT2D eigenvalue weighted by atomic mass is 9.86. The molecule has 0 aliphatic heterocycles. The third-order valence-corrected chi connectivity index (χ3v) is 7.92. The number of para-hydroxylation sites is 1. The average molecular weight is 565 g/mol. The van der Waals surface area contributed by atoms with Crippen molar-refractivity contribution in [2.45, 2.75) is 12.8 Å². The lowest BCUT2D eigenvalue weighted by molar-refractivity contribution is 0.0964. The van der Waals surface area contributed by atoms with E-state index in [1.807, 2.05) is 30.3 Å². The van der Waals surface area contributed by atoms with Gasteiger partial charge in [0.1, 0.15) is 12.1 Å². The van der Waals surface area contributed by atoms with Crippen LogP contribution in [0.2, 0.25) is 0 Å². The number of pyridine rings is 1. The normalized spacial score (nSPS) is 13.0. The van der Waals surface area contributed by atoms with E-state index in [2.05, 4.69) is 49.6 Å². The molecule has 1 amide bonds. The fraction of sp³-hybridized carbons (Fsp3) is 0.286. The van der Waals surface area contributed by atoms with Crippen LogP contribution in [0, 0.1) is 5.92 Å². The van der Waals surface area contributed by atoms with Crippen LogP contribution in [0.15, 0.2) is 67.1 Å². The van der Waals surface area contributed by atoms with Crippen molar-refractivity contribution in [1.82, 2.24) is 20.3 Å². The van der Waals surface area contributed by atoms with Gasteiger partial charge in [0.05, 0.1) is 23.0 Å². The molecule has 0 fully saturated rings. The maximum Gasteiger partial charge on any atom is 0.251 e. The fourth-order valence-corrected chi connectivity index (χ4v) is 5.92. The predicted molar refractivity (Wildman–Crippen MR) is 160 cm³/mol. The first kappa shape index (κ1) is 28.3. The molecule has 39 heavy (non-hydrogen) atoms. The standard InChI is InChI=1S/C28H32N6O3S2/c1-18(22-6-5-7-23-24(28(35)29-2)12-13-30-27(22)23)20(16-38-3)15-31-26-14-25(32-17-33-26)19-8-10-21(11-9-19)34-39(4,36)37/h5-14,17-18,20,34H,15-16H2,1-4H3,(H,29,35)(H,31,32,33). The molecule has 2 aromatic carbocycles. The first-order valence-corrected chi connectivity index (χ1v) is 15.7. The molecule has 4 aromatic rings. The van der Waals surface area contributed by atoms with Crippen molar-refractivity contribution in [3.05, 3.63) is 78.2 Å². The topological polar surface area (TPSA) is 126 Å². The molecule has 204 valence electrons. The minimum atomic E-state index is -3.34. The third kappa shape index (κ3) is 7.04. The maximum absolute atomic E-state index is 12.4.